The number of pyridine rings is 1. The van der Waals surface area contributed by atoms with Gasteiger partial charge in [-0.2, -0.15) is 0 Å². The maximum Gasteiger partial charge on any atom is 0.252 e. The lowest BCUT2D eigenvalue weighted by atomic mass is 9.96. The molecule has 0 fully saturated rings. The number of rotatable bonds is 6. The van der Waals surface area contributed by atoms with E-state index in [0.29, 0.717) is 11.5 Å². The summed E-state index contributed by atoms with van der Waals surface area (Å²) in [6.07, 6.45) is 2.67. The SMILES string of the molecule is [2H]C([2H])([2H])OC[C@@]1(C([2H])([2H])[2H])Nc2c(cnc3[nH]cc(C(=O)c4ccc(Oc5ccccc5)cc4Cl)c23)NC1=O. The summed E-state index contributed by atoms with van der Waals surface area (Å²) in [5, 5.41) is 5.43. The van der Waals surface area contributed by atoms with Gasteiger partial charge in [0.25, 0.3) is 5.91 Å². The van der Waals surface area contributed by atoms with Crippen LogP contribution in [0.4, 0.5) is 11.4 Å². The molecule has 172 valence electrons. The van der Waals surface area contributed by atoms with Crippen LogP contribution >= 0.6 is 11.6 Å². The summed E-state index contributed by atoms with van der Waals surface area (Å²) < 4.78 is 56.7. The summed E-state index contributed by atoms with van der Waals surface area (Å²) in [6, 6.07) is 13.6. The lowest BCUT2D eigenvalue weighted by Gasteiger charge is -2.35. The Kier molecular flexibility index (Phi) is 3.96. The van der Waals surface area contributed by atoms with Crippen LogP contribution in [0.2, 0.25) is 5.02 Å². The molecule has 1 amide bonds. The number of hydrogen-bond acceptors (Lipinski definition) is 6. The van der Waals surface area contributed by atoms with Gasteiger partial charge >= 0.3 is 0 Å². The van der Waals surface area contributed by atoms with Gasteiger partial charge in [-0.05, 0) is 31.1 Å². The number of amides is 1. The number of H-pyrrole nitrogens is 1. The molecule has 0 saturated carbocycles. The first-order chi connectivity index (χ1) is 18.8. The van der Waals surface area contributed by atoms with Gasteiger partial charge in [0.2, 0.25) is 0 Å². The second-order valence-corrected chi connectivity index (χ2v) is 8.04. The molecule has 0 spiro atoms. The lowest BCUT2D eigenvalue weighted by molar-refractivity contribution is -0.121. The van der Waals surface area contributed by atoms with Crippen LogP contribution < -0.4 is 15.4 Å². The van der Waals surface area contributed by atoms with E-state index in [-0.39, 0.29) is 38.6 Å². The summed E-state index contributed by atoms with van der Waals surface area (Å²) >= 11 is 6.47. The lowest BCUT2D eigenvalue weighted by Crippen LogP contribution is -2.53. The smallest absolute Gasteiger partial charge is 0.252 e. The third-order valence-corrected chi connectivity index (χ3v) is 5.69. The van der Waals surface area contributed by atoms with Gasteiger partial charge < -0.3 is 25.1 Å². The van der Waals surface area contributed by atoms with Crippen molar-refractivity contribution in [2.75, 3.05) is 24.3 Å². The minimum atomic E-state index is -3.05. The molecule has 0 unspecified atom stereocenters. The molecule has 1 aliphatic rings. The number of aromatic amines is 1. The standard InChI is InChI=1S/C25H21ClN4O4/c1-25(13-33-2)24(32)29-19-12-28-23-20(21(19)30-25)17(11-27-23)22(31)16-9-8-15(10-18(16)26)34-14-6-4-3-5-7-14/h3-12,30H,13H2,1-2H3,(H,27,28)(H,29,32)/t25-/m1/s1/i1D3,2D3. The van der Waals surface area contributed by atoms with E-state index in [2.05, 4.69) is 20.6 Å². The van der Waals surface area contributed by atoms with E-state index in [0.717, 1.165) is 0 Å². The Morgan fingerprint density at radius 1 is 1.18 bits per heavy atom. The Bertz CT molecular complexity index is 1620. The minimum absolute atomic E-state index is 0.0552. The van der Waals surface area contributed by atoms with Crippen molar-refractivity contribution in [3.05, 3.63) is 77.1 Å². The number of hydrogen-bond donors (Lipinski definition) is 3. The highest BCUT2D eigenvalue weighted by atomic mass is 35.5. The molecule has 2 aromatic heterocycles. The normalized spacial score (nSPS) is 20.4. The second-order valence-electron chi connectivity index (χ2n) is 7.63. The van der Waals surface area contributed by atoms with Crippen LogP contribution in [-0.2, 0) is 9.53 Å². The van der Waals surface area contributed by atoms with Crippen LogP contribution in [0.3, 0.4) is 0 Å². The topological polar surface area (TPSA) is 105 Å². The largest absolute Gasteiger partial charge is 0.457 e. The van der Waals surface area contributed by atoms with Gasteiger partial charge in [0.15, 0.2) is 5.78 Å². The highest BCUT2D eigenvalue weighted by Crippen LogP contribution is 2.39. The number of nitrogens with one attached hydrogen (secondary N) is 3. The first kappa shape index (κ1) is 15.9. The van der Waals surface area contributed by atoms with Gasteiger partial charge in [0.05, 0.1) is 44.3 Å². The monoisotopic (exact) mass is 482 g/mol. The average Bonchev–Trinajstić information content (AvgIpc) is 3.31. The maximum absolute atomic E-state index is 13.7. The fourth-order valence-electron chi connectivity index (χ4n) is 3.72. The Morgan fingerprint density at radius 2 is 2.03 bits per heavy atom. The van der Waals surface area contributed by atoms with Gasteiger partial charge in [0.1, 0.15) is 22.7 Å². The number of para-hydroxylation sites is 1. The number of anilines is 2. The summed E-state index contributed by atoms with van der Waals surface area (Å²) in [4.78, 5) is 33.8. The number of carbonyl (C=O) groups is 2. The average molecular weight is 483 g/mol. The van der Waals surface area contributed by atoms with Crippen LogP contribution in [-0.4, -0.2) is 40.8 Å². The molecule has 1 aliphatic heterocycles. The highest BCUT2D eigenvalue weighted by molar-refractivity contribution is 6.36. The minimum Gasteiger partial charge on any atom is -0.457 e. The Hall–Kier alpha value is -3.88. The molecule has 3 heterocycles. The van der Waals surface area contributed by atoms with Crippen molar-refractivity contribution in [3.8, 4) is 11.5 Å². The predicted molar refractivity (Wildman–Crippen MR) is 130 cm³/mol. The van der Waals surface area contributed by atoms with Gasteiger partial charge in [0, 0.05) is 29.0 Å². The molecule has 34 heavy (non-hydrogen) atoms. The number of ketones is 1. The van der Waals surface area contributed by atoms with Crippen molar-refractivity contribution < 1.29 is 27.3 Å². The van der Waals surface area contributed by atoms with Crippen LogP contribution in [0.15, 0.2) is 60.9 Å². The van der Waals surface area contributed by atoms with E-state index in [4.69, 9.17) is 29.3 Å². The van der Waals surface area contributed by atoms with Crippen LogP contribution in [0.5, 0.6) is 11.5 Å². The number of fused-ring (bicyclic) bond motifs is 3. The molecule has 0 bridgehead atoms. The zero-order valence-electron chi connectivity index (χ0n) is 23.4. The van der Waals surface area contributed by atoms with Gasteiger partial charge in [-0.15, -0.1) is 0 Å². The summed E-state index contributed by atoms with van der Waals surface area (Å²) in [6.45, 7) is -4.05. The second kappa shape index (κ2) is 8.48. The van der Waals surface area contributed by atoms with E-state index in [1.807, 2.05) is 18.2 Å². The van der Waals surface area contributed by atoms with Crippen LogP contribution in [0, 0.1) is 0 Å². The van der Waals surface area contributed by atoms with E-state index in [9.17, 15) is 9.59 Å². The number of carbonyl (C=O) groups excluding carboxylic acids is 2. The quantitative estimate of drug-likeness (QED) is 0.334. The molecule has 0 aliphatic carbocycles. The number of ether oxygens (including phenoxy) is 2. The van der Waals surface area contributed by atoms with E-state index < -0.39 is 37.7 Å². The predicted octanol–water partition coefficient (Wildman–Crippen LogP) is 5.01. The molecular formula is C25H21ClN4O4. The van der Waals surface area contributed by atoms with Gasteiger partial charge in [-0.3, -0.25) is 9.59 Å². The van der Waals surface area contributed by atoms with Crippen molar-refractivity contribution in [2.45, 2.75) is 12.4 Å². The zero-order valence-corrected chi connectivity index (χ0v) is 18.2. The van der Waals surface area contributed by atoms with Crippen molar-refractivity contribution in [3.63, 3.8) is 0 Å². The van der Waals surface area contributed by atoms with E-state index >= 15 is 0 Å². The van der Waals surface area contributed by atoms with Crippen molar-refractivity contribution in [1.29, 1.82) is 0 Å². The molecule has 0 saturated heterocycles. The molecule has 8 nitrogen and oxygen atoms in total. The third kappa shape index (κ3) is 3.76. The molecule has 2 aromatic carbocycles. The number of methoxy groups -OCH3 is 1. The van der Waals surface area contributed by atoms with E-state index in [1.54, 1.807) is 18.2 Å². The highest BCUT2D eigenvalue weighted by Gasteiger charge is 2.39. The third-order valence-electron chi connectivity index (χ3n) is 5.37. The molecular weight excluding hydrogens is 456 g/mol. The van der Waals surface area contributed by atoms with Crippen molar-refractivity contribution in [1.82, 2.24) is 9.97 Å². The van der Waals surface area contributed by atoms with E-state index in [1.165, 1.54) is 24.5 Å². The first-order valence-electron chi connectivity index (χ1n) is 13.1. The fourth-order valence-corrected chi connectivity index (χ4v) is 3.98. The zero-order chi connectivity index (χ0) is 28.9. The fraction of sp³-hybridized carbons (Fsp3) is 0.160. The Morgan fingerprint density at radius 3 is 2.79 bits per heavy atom. The van der Waals surface area contributed by atoms with Crippen molar-refractivity contribution in [2.24, 2.45) is 0 Å². The number of halogens is 1. The van der Waals surface area contributed by atoms with Crippen LogP contribution in [0.25, 0.3) is 11.0 Å². The summed E-state index contributed by atoms with van der Waals surface area (Å²) in [7, 11) is -2.96. The molecule has 9 heteroatoms. The number of benzene rings is 2. The Labute approximate surface area is 208 Å². The summed E-state index contributed by atoms with van der Waals surface area (Å²) in [5.74, 6) is -0.562. The summed E-state index contributed by atoms with van der Waals surface area (Å²) in [5.41, 5.74) is -1.90. The molecule has 5 rings (SSSR count). The maximum atomic E-state index is 13.7. The van der Waals surface area contributed by atoms with Crippen molar-refractivity contribution >= 4 is 45.7 Å². The van der Waals surface area contributed by atoms with Crippen LogP contribution in [0.1, 0.15) is 31.0 Å². The molecule has 1 atom stereocenters. The Balaban J connectivity index is 1.55. The molecule has 0 radical (unpaired) electrons. The number of aromatic nitrogens is 2. The van der Waals surface area contributed by atoms with Gasteiger partial charge in [-0.1, -0.05) is 29.8 Å². The molecule has 3 N–H and O–H groups in total. The first-order valence-corrected chi connectivity index (χ1v) is 10.5. The molecule has 4 aromatic rings. The van der Waals surface area contributed by atoms with Gasteiger partial charge in [-0.25, -0.2) is 4.98 Å². The number of nitrogens with zero attached hydrogens (tertiary/aromatic N) is 1.